The molecule has 0 saturated carbocycles. The number of hydrogen-bond acceptors (Lipinski definition) is 6. The molecular weight excluding hydrogens is 326 g/mol. The van der Waals surface area contributed by atoms with Crippen molar-refractivity contribution in [1.29, 1.82) is 0 Å². The van der Waals surface area contributed by atoms with Gasteiger partial charge < -0.3 is 9.84 Å². The number of aliphatic hydroxyl groups is 1. The van der Waals surface area contributed by atoms with Gasteiger partial charge in [-0.05, 0) is 23.6 Å². The molecule has 0 radical (unpaired) electrons. The number of nitrogens with one attached hydrogen (secondary N) is 2. The van der Waals surface area contributed by atoms with Gasteiger partial charge in [-0.25, -0.2) is 9.78 Å². The van der Waals surface area contributed by atoms with Crippen LogP contribution >= 0.6 is 0 Å². The van der Waals surface area contributed by atoms with E-state index in [4.69, 9.17) is 0 Å². The number of anilines is 1. The van der Waals surface area contributed by atoms with Crippen LogP contribution in [0.2, 0.25) is 0 Å². The quantitative estimate of drug-likeness (QED) is 0.653. The number of aryl methyl sites for hydroxylation is 1. The van der Waals surface area contributed by atoms with E-state index in [2.05, 4.69) is 25.1 Å². The first kappa shape index (κ1) is 16.7. The number of carbonyl (C=O) groups is 1. The molecular formula is C16H17N5O4. The molecule has 0 aliphatic heterocycles. The van der Waals surface area contributed by atoms with Gasteiger partial charge in [0.15, 0.2) is 5.52 Å². The normalized spacial score (nSPS) is 10.8. The minimum Gasteiger partial charge on any atom is -0.453 e. The Morgan fingerprint density at radius 2 is 2.24 bits per heavy atom. The minimum atomic E-state index is -0.727. The SMILES string of the molecule is COC(=O)Nc1nc2cnn(Cc3ccc(CO)cc3C)c2c(=O)[nH]1. The Morgan fingerprint density at radius 3 is 2.92 bits per heavy atom. The second-order valence-corrected chi connectivity index (χ2v) is 5.49. The number of methoxy groups -OCH3 is 1. The second-order valence-electron chi connectivity index (χ2n) is 5.49. The van der Waals surface area contributed by atoms with Crippen molar-refractivity contribution in [2.24, 2.45) is 0 Å². The summed E-state index contributed by atoms with van der Waals surface area (Å²) in [5.41, 5.74) is 3.03. The highest BCUT2D eigenvalue weighted by atomic mass is 16.5. The first-order valence-corrected chi connectivity index (χ1v) is 7.52. The van der Waals surface area contributed by atoms with E-state index in [1.165, 1.54) is 13.3 Å². The summed E-state index contributed by atoms with van der Waals surface area (Å²) in [5.74, 6) is -0.00706. The summed E-state index contributed by atoms with van der Waals surface area (Å²) >= 11 is 0. The van der Waals surface area contributed by atoms with Gasteiger partial charge in [0, 0.05) is 0 Å². The van der Waals surface area contributed by atoms with E-state index in [9.17, 15) is 14.7 Å². The van der Waals surface area contributed by atoms with Gasteiger partial charge in [0.05, 0.1) is 26.5 Å². The van der Waals surface area contributed by atoms with E-state index >= 15 is 0 Å². The van der Waals surface area contributed by atoms with Crippen molar-refractivity contribution in [1.82, 2.24) is 19.7 Å². The summed E-state index contributed by atoms with van der Waals surface area (Å²) in [6, 6.07) is 5.61. The number of H-pyrrole nitrogens is 1. The van der Waals surface area contributed by atoms with E-state index in [-0.39, 0.29) is 12.6 Å². The maximum absolute atomic E-state index is 12.3. The van der Waals surface area contributed by atoms with Crippen molar-refractivity contribution in [3.05, 3.63) is 51.4 Å². The molecule has 1 amide bonds. The van der Waals surface area contributed by atoms with Crippen molar-refractivity contribution in [2.45, 2.75) is 20.1 Å². The monoisotopic (exact) mass is 343 g/mol. The molecule has 0 aliphatic rings. The smallest absolute Gasteiger partial charge is 0.413 e. The lowest BCUT2D eigenvalue weighted by Gasteiger charge is -2.09. The molecule has 25 heavy (non-hydrogen) atoms. The molecule has 0 fully saturated rings. The fraction of sp³-hybridized carbons (Fsp3) is 0.250. The molecule has 2 heterocycles. The maximum Gasteiger partial charge on any atom is 0.413 e. The van der Waals surface area contributed by atoms with Gasteiger partial charge in [0.2, 0.25) is 5.95 Å². The van der Waals surface area contributed by atoms with Crippen LogP contribution in [-0.2, 0) is 17.9 Å². The van der Waals surface area contributed by atoms with Crippen LogP contribution in [0.25, 0.3) is 11.0 Å². The van der Waals surface area contributed by atoms with Crippen LogP contribution in [-0.4, -0.2) is 38.1 Å². The van der Waals surface area contributed by atoms with Crippen molar-refractivity contribution in [3.63, 3.8) is 0 Å². The van der Waals surface area contributed by atoms with Crippen molar-refractivity contribution < 1.29 is 14.6 Å². The standard InChI is InChI=1S/C16H17N5O4/c1-9-5-10(8-22)3-4-11(9)7-21-13-12(6-17-21)18-15(19-14(13)23)20-16(24)25-2/h3-6,22H,7-8H2,1-2H3,(H2,18,19,20,23,24). The van der Waals surface area contributed by atoms with Crippen molar-refractivity contribution in [2.75, 3.05) is 12.4 Å². The van der Waals surface area contributed by atoms with Gasteiger partial charge in [-0.1, -0.05) is 18.2 Å². The fourth-order valence-electron chi connectivity index (χ4n) is 2.53. The Labute approximate surface area is 142 Å². The summed E-state index contributed by atoms with van der Waals surface area (Å²) in [4.78, 5) is 30.2. The molecule has 3 N–H and O–H groups in total. The lowest BCUT2D eigenvalue weighted by molar-refractivity contribution is 0.186. The van der Waals surface area contributed by atoms with Gasteiger partial charge in [0.25, 0.3) is 5.56 Å². The number of aromatic nitrogens is 4. The van der Waals surface area contributed by atoms with E-state index in [1.807, 2.05) is 25.1 Å². The highest BCUT2D eigenvalue weighted by molar-refractivity contribution is 5.83. The topological polar surface area (TPSA) is 122 Å². The minimum absolute atomic E-state index is 0.00706. The molecule has 1 aromatic carbocycles. The van der Waals surface area contributed by atoms with Crippen molar-refractivity contribution in [3.8, 4) is 0 Å². The van der Waals surface area contributed by atoms with Crippen LogP contribution in [0.1, 0.15) is 16.7 Å². The Bertz CT molecular complexity index is 992. The third-order valence-electron chi connectivity index (χ3n) is 3.81. The average molecular weight is 343 g/mol. The molecule has 0 spiro atoms. The summed E-state index contributed by atoms with van der Waals surface area (Å²) in [5, 5.41) is 15.7. The third-order valence-corrected chi connectivity index (χ3v) is 3.81. The zero-order chi connectivity index (χ0) is 18.0. The first-order valence-electron chi connectivity index (χ1n) is 7.52. The van der Waals surface area contributed by atoms with Crippen LogP contribution in [0.3, 0.4) is 0 Å². The molecule has 0 aliphatic carbocycles. The molecule has 130 valence electrons. The van der Waals surface area contributed by atoms with Crippen LogP contribution in [0.15, 0.2) is 29.2 Å². The molecule has 3 aromatic rings. The average Bonchev–Trinajstić information content (AvgIpc) is 2.99. The largest absolute Gasteiger partial charge is 0.453 e. The van der Waals surface area contributed by atoms with Crippen molar-refractivity contribution >= 4 is 23.1 Å². The molecule has 2 aromatic heterocycles. The Kier molecular flexibility index (Phi) is 4.48. The highest BCUT2D eigenvalue weighted by Crippen LogP contribution is 2.15. The Hall–Kier alpha value is -3.20. The summed E-state index contributed by atoms with van der Waals surface area (Å²) in [7, 11) is 1.22. The van der Waals surface area contributed by atoms with E-state index < -0.39 is 11.7 Å². The fourth-order valence-corrected chi connectivity index (χ4v) is 2.53. The molecule has 0 bridgehead atoms. The summed E-state index contributed by atoms with van der Waals surface area (Å²) < 4.78 is 6.02. The predicted molar refractivity (Wildman–Crippen MR) is 90.4 cm³/mol. The number of amides is 1. The zero-order valence-corrected chi connectivity index (χ0v) is 13.7. The highest BCUT2D eigenvalue weighted by Gasteiger charge is 2.13. The van der Waals surface area contributed by atoms with Gasteiger partial charge in [-0.15, -0.1) is 0 Å². The number of benzene rings is 1. The van der Waals surface area contributed by atoms with Gasteiger partial charge in [0.1, 0.15) is 5.52 Å². The third kappa shape index (κ3) is 3.36. The number of carbonyl (C=O) groups excluding carboxylic acids is 1. The number of aromatic amines is 1. The van der Waals surface area contributed by atoms with Crippen LogP contribution in [0, 0.1) is 6.92 Å². The van der Waals surface area contributed by atoms with Gasteiger partial charge in [-0.2, -0.15) is 5.10 Å². The summed E-state index contributed by atoms with van der Waals surface area (Å²) in [6.07, 6.45) is 0.735. The van der Waals surface area contributed by atoms with Gasteiger partial charge >= 0.3 is 6.09 Å². The lowest BCUT2D eigenvalue weighted by atomic mass is 10.1. The van der Waals surface area contributed by atoms with Crippen LogP contribution in [0.5, 0.6) is 0 Å². The number of hydrogen-bond donors (Lipinski definition) is 3. The Morgan fingerprint density at radius 1 is 1.44 bits per heavy atom. The summed E-state index contributed by atoms with van der Waals surface area (Å²) in [6.45, 7) is 2.29. The van der Waals surface area contributed by atoms with Crippen LogP contribution < -0.4 is 10.9 Å². The predicted octanol–water partition coefficient (Wildman–Crippen LogP) is 1.15. The molecule has 3 rings (SSSR count). The molecule has 0 saturated heterocycles. The number of nitrogens with zero attached hydrogens (tertiary/aromatic N) is 3. The number of aliphatic hydroxyl groups excluding tert-OH is 1. The zero-order valence-electron chi connectivity index (χ0n) is 13.7. The van der Waals surface area contributed by atoms with E-state index in [0.29, 0.717) is 17.6 Å². The molecule has 9 heteroatoms. The number of rotatable bonds is 4. The van der Waals surface area contributed by atoms with E-state index in [0.717, 1.165) is 16.7 Å². The molecule has 0 atom stereocenters. The van der Waals surface area contributed by atoms with Crippen LogP contribution in [0.4, 0.5) is 10.7 Å². The molecule has 0 unspecified atom stereocenters. The number of ether oxygens (including phenoxy) is 1. The maximum atomic E-state index is 12.3. The number of fused-ring (bicyclic) bond motifs is 1. The first-order chi connectivity index (χ1) is 12.0. The molecule has 9 nitrogen and oxygen atoms in total. The van der Waals surface area contributed by atoms with E-state index in [1.54, 1.807) is 4.68 Å². The lowest BCUT2D eigenvalue weighted by Crippen LogP contribution is -2.19. The Balaban J connectivity index is 1.96. The second kappa shape index (κ2) is 6.73. The van der Waals surface area contributed by atoms with Gasteiger partial charge in [-0.3, -0.25) is 19.8 Å².